The Morgan fingerprint density at radius 3 is 2.23 bits per heavy atom. The third kappa shape index (κ3) is 9.66. The first-order valence-corrected chi connectivity index (χ1v) is 17.4. The normalized spacial score (nSPS) is 13.3. The third-order valence-corrected chi connectivity index (χ3v) is 10.2. The maximum atomic E-state index is 13.1. The van der Waals surface area contributed by atoms with Crippen LogP contribution in [0.25, 0.3) is 5.69 Å². The summed E-state index contributed by atoms with van der Waals surface area (Å²) in [5, 5.41) is 23.1. The van der Waals surface area contributed by atoms with E-state index in [-0.39, 0.29) is 31.8 Å². The van der Waals surface area contributed by atoms with Crippen LogP contribution in [-0.4, -0.2) is 89.2 Å². The van der Waals surface area contributed by atoms with Gasteiger partial charge in [0.2, 0.25) is 0 Å². The number of rotatable bonds is 15. The summed E-state index contributed by atoms with van der Waals surface area (Å²) in [6, 6.07) is 9.40. The standard InChI is InChI=1S/C22H29N5O12S4/c1-15-21(24-23-19-9-8-18(14-20(19)40-39-38-29)41(30,31)12-10-26(2)3)22(28)27(25-15)16-4-6-17(7-5-16)42(32,33)13-11-37-43(34,35)36/h4-9,14,25,29,32-33H,10-13H2,1-3H3,(H,34,35,36). The summed E-state index contributed by atoms with van der Waals surface area (Å²) in [7, 11) is -8.39. The van der Waals surface area contributed by atoms with E-state index >= 15 is 0 Å². The zero-order chi connectivity index (χ0) is 32.0. The summed E-state index contributed by atoms with van der Waals surface area (Å²) in [5.41, 5.74) is 0.00628. The zero-order valence-corrected chi connectivity index (χ0v) is 26.1. The fourth-order valence-corrected chi connectivity index (χ4v) is 6.92. The van der Waals surface area contributed by atoms with Gasteiger partial charge in [-0.15, -0.1) is 14.6 Å². The summed E-state index contributed by atoms with van der Waals surface area (Å²) in [4.78, 5) is 15.0. The van der Waals surface area contributed by atoms with E-state index in [1.54, 1.807) is 25.9 Å². The Bertz CT molecular complexity index is 1720. The Kier molecular flexibility index (Phi) is 11.7. The van der Waals surface area contributed by atoms with Crippen LogP contribution in [0.15, 0.2) is 72.2 Å². The zero-order valence-electron chi connectivity index (χ0n) is 22.8. The van der Waals surface area contributed by atoms with Crippen molar-refractivity contribution in [3.05, 3.63) is 58.5 Å². The summed E-state index contributed by atoms with van der Waals surface area (Å²) in [6.07, 6.45) is 0. The molecule has 0 aliphatic carbocycles. The predicted molar refractivity (Wildman–Crippen MR) is 156 cm³/mol. The molecule has 0 atom stereocenters. The second kappa shape index (κ2) is 14.4. The number of aromatic nitrogens is 2. The van der Waals surface area contributed by atoms with Crippen molar-refractivity contribution < 1.29 is 49.3 Å². The molecular weight excluding hydrogens is 655 g/mol. The number of benzene rings is 2. The fraction of sp³-hybridized carbons (Fsp3) is 0.318. The van der Waals surface area contributed by atoms with Crippen LogP contribution >= 0.6 is 22.6 Å². The number of nitrogens with one attached hydrogen (secondary N) is 1. The molecule has 43 heavy (non-hydrogen) atoms. The minimum absolute atomic E-state index is 0.0245. The van der Waals surface area contributed by atoms with E-state index in [1.165, 1.54) is 42.5 Å². The molecule has 5 N–H and O–H groups in total. The lowest BCUT2D eigenvalue weighted by atomic mass is 10.3. The minimum Gasteiger partial charge on any atom is -0.308 e. The first-order valence-electron chi connectivity index (χ1n) is 11.9. The molecule has 0 amide bonds. The van der Waals surface area contributed by atoms with Gasteiger partial charge in [-0.25, -0.2) is 22.5 Å². The molecule has 0 unspecified atom stereocenters. The molecule has 3 rings (SSSR count). The quantitative estimate of drug-likeness (QED) is 0.0506. The number of hydrogen-bond acceptors (Lipinski definition) is 15. The highest BCUT2D eigenvalue weighted by molar-refractivity contribution is 8.24. The fourth-order valence-electron chi connectivity index (χ4n) is 3.44. The van der Waals surface area contributed by atoms with E-state index in [4.69, 9.17) is 9.81 Å². The molecule has 0 aliphatic rings. The van der Waals surface area contributed by atoms with Crippen molar-refractivity contribution in [1.29, 1.82) is 0 Å². The number of hydrogen-bond donors (Lipinski definition) is 5. The Labute approximate surface area is 252 Å². The van der Waals surface area contributed by atoms with E-state index in [9.17, 15) is 30.7 Å². The van der Waals surface area contributed by atoms with Crippen LogP contribution in [0.5, 0.6) is 0 Å². The van der Waals surface area contributed by atoms with E-state index < -0.39 is 48.7 Å². The second-order valence-electron chi connectivity index (χ2n) is 9.02. The lowest BCUT2D eigenvalue weighted by Gasteiger charge is -2.32. The average molecular weight is 684 g/mol. The summed E-state index contributed by atoms with van der Waals surface area (Å²) < 4.78 is 85.8. The molecule has 0 fully saturated rings. The second-order valence-corrected chi connectivity index (χ2v) is 15.2. The van der Waals surface area contributed by atoms with E-state index in [1.807, 2.05) is 0 Å². The summed E-state index contributed by atoms with van der Waals surface area (Å²) in [6.45, 7) is 1.19. The van der Waals surface area contributed by atoms with Crippen molar-refractivity contribution in [3.63, 3.8) is 0 Å². The highest BCUT2D eigenvalue weighted by Crippen LogP contribution is 2.47. The van der Waals surface area contributed by atoms with Crippen molar-refractivity contribution in [2.75, 3.05) is 38.8 Å². The highest BCUT2D eigenvalue weighted by Gasteiger charge is 2.20. The Morgan fingerprint density at radius 1 is 0.977 bits per heavy atom. The molecule has 3 aromatic rings. The van der Waals surface area contributed by atoms with E-state index in [2.05, 4.69) is 28.9 Å². The number of H-pyrrole nitrogens is 1. The van der Waals surface area contributed by atoms with Gasteiger partial charge in [0.05, 0.1) is 56.2 Å². The van der Waals surface area contributed by atoms with Gasteiger partial charge in [0.25, 0.3) is 5.56 Å². The van der Waals surface area contributed by atoms with Crippen molar-refractivity contribution in [3.8, 4) is 5.69 Å². The van der Waals surface area contributed by atoms with Crippen LogP contribution in [0.4, 0.5) is 11.4 Å². The molecule has 0 aliphatic heterocycles. The summed E-state index contributed by atoms with van der Waals surface area (Å²) in [5.74, 6) is -0.649. The molecule has 0 saturated carbocycles. The lowest BCUT2D eigenvalue weighted by Crippen LogP contribution is -2.21. The van der Waals surface area contributed by atoms with Gasteiger partial charge in [-0.2, -0.15) is 19.0 Å². The number of aryl methyl sites for hydroxylation is 1. The van der Waals surface area contributed by atoms with Crippen molar-refractivity contribution in [2.45, 2.75) is 21.6 Å². The van der Waals surface area contributed by atoms with Crippen molar-refractivity contribution in [2.24, 2.45) is 10.2 Å². The van der Waals surface area contributed by atoms with Crippen molar-refractivity contribution in [1.82, 2.24) is 14.7 Å². The maximum absolute atomic E-state index is 13.1. The summed E-state index contributed by atoms with van der Waals surface area (Å²) >= 11 is 0.476. The first-order chi connectivity index (χ1) is 20.0. The van der Waals surface area contributed by atoms with Gasteiger partial charge >= 0.3 is 10.4 Å². The molecule has 1 aromatic heterocycles. The predicted octanol–water partition coefficient (Wildman–Crippen LogP) is 3.58. The van der Waals surface area contributed by atoms with Gasteiger partial charge in [-0.3, -0.25) is 23.6 Å². The first kappa shape index (κ1) is 34.8. The molecule has 0 saturated heterocycles. The average Bonchev–Trinajstić information content (AvgIpc) is 3.21. The van der Waals surface area contributed by atoms with E-state index in [0.717, 1.165) is 4.68 Å². The molecule has 238 valence electrons. The SMILES string of the molecule is Cc1[nH]n(-c2ccc(S(O)(O)CCOS(=O)(=O)O)cc2)c(=O)c1N=Nc1ccc(S(=O)(=O)CCN(C)C)cc1SOOO. The van der Waals surface area contributed by atoms with Crippen LogP contribution < -0.4 is 5.56 Å². The maximum Gasteiger partial charge on any atom is 0.397 e. The van der Waals surface area contributed by atoms with Gasteiger partial charge in [0.1, 0.15) is 5.69 Å². The van der Waals surface area contributed by atoms with Gasteiger partial charge in [-0.05, 0) is 63.5 Å². The van der Waals surface area contributed by atoms with Crippen LogP contribution in [0, 0.1) is 6.92 Å². The van der Waals surface area contributed by atoms with Gasteiger partial charge in [-0.1, -0.05) is 5.04 Å². The molecular formula is C22H29N5O12S4. The highest BCUT2D eigenvalue weighted by atomic mass is 32.3. The smallest absolute Gasteiger partial charge is 0.308 e. The number of azo groups is 1. The topological polar surface area (TPSA) is 243 Å². The molecule has 21 heteroatoms. The molecule has 0 radical (unpaired) electrons. The van der Waals surface area contributed by atoms with Gasteiger partial charge in [0.15, 0.2) is 15.5 Å². The Morgan fingerprint density at radius 2 is 1.63 bits per heavy atom. The molecule has 17 nitrogen and oxygen atoms in total. The monoisotopic (exact) mass is 683 g/mol. The molecule has 1 heterocycles. The number of aromatic amines is 1. The number of nitrogens with zero attached hydrogens (tertiary/aromatic N) is 4. The van der Waals surface area contributed by atoms with Gasteiger partial charge < -0.3 is 4.90 Å². The Hall–Kier alpha value is -2.67. The lowest BCUT2D eigenvalue weighted by molar-refractivity contribution is -0.432. The minimum atomic E-state index is -4.74. The van der Waals surface area contributed by atoms with Crippen LogP contribution in [0.1, 0.15) is 5.69 Å². The van der Waals surface area contributed by atoms with Crippen LogP contribution in [0.2, 0.25) is 0 Å². The largest absolute Gasteiger partial charge is 0.397 e. The third-order valence-electron chi connectivity index (χ3n) is 5.62. The van der Waals surface area contributed by atoms with Crippen molar-refractivity contribution >= 4 is 54.2 Å². The van der Waals surface area contributed by atoms with Crippen LogP contribution in [0.3, 0.4) is 0 Å². The molecule has 0 spiro atoms. The van der Waals surface area contributed by atoms with Crippen LogP contribution in [-0.2, 0) is 33.8 Å². The molecule has 2 aromatic carbocycles. The number of sulfone groups is 1. The Balaban J connectivity index is 1.86. The molecule has 0 bridgehead atoms. The van der Waals surface area contributed by atoms with E-state index in [0.29, 0.717) is 30.0 Å². The van der Waals surface area contributed by atoms with Gasteiger partial charge in [0, 0.05) is 6.54 Å².